The first-order valence-corrected chi connectivity index (χ1v) is 8.25. The Morgan fingerprint density at radius 2 is 1.85 bits per heavy atom. The fraction of sp³-hybridized carbons (Fsp3) is 0.588. The first-order valence-electron chi connectivity index (χ1n) is 8.25. The molecule has 9 heteroatoms. The summed E-state index contributed by atoms with van der Waals surface area (Å²) in [4.78, 5) is 3.90. The van der Waals surface area contributed by atoms with Gasteiger partial charge < -0.3 is 10.6 Å². The molecule has 1 aromatic rings. The van der Waals surface area contributed by atoms with Gasteiger partial charge in [-0.3, -0.25) is 4.98 Å². The molecule has 146 valence electrons. The van der Waals surface area contributed by atoms with Gasteiger partial charge in [-0.25, -0.2) is 0 Å². The Morgan fingerprint density at radius 3 is 2.42 bits per heavy atom. The molecular formula is C17H21F6N3. The minimum Gasteiger partial charge on any atom is -0.372 e. The monoisotopic (exact) mass is 381 g/mol. The van der Waals surface area contributed by atoms with Crippen molar-refractivity contribution >= 4 is 0 Å². The van der Waals surface area contributed by atoms with E-state index in [4.69, 9.17) is 0 Å². The van der Waals surface area contributed by atoms with Crippen molar-refractivity contribution in [2.75, 3.05) is 6.54 Å². The van der Waals surface area contributed by atoms with Crippen LogP contribution in [0.2, 0.25) is 0 Å². The topological polar surface area (TPSA) is 37.0 Å². The molecule has 1 aliphatic rings. The molecule has 0 radical (unpaired) electrons. The second-order valence-electron chi connectivity index (χ2n) is 6.56. The third-order valence-corrected chi connectivity index (χ3v) is 4.45. The van der Waals surface area contributed by atoms with Crippen LogP contribution in [0.25, 0.3) is 0 Å². The molecule has 1 heterocycles. The molecule has 0 atom stereocenters. The molecule has 0 unspecified atom stereocenters. The summed E-state index contributed by atoms with van der Waals surface area (Å²) in [6.45, 7) is 4.14. The number of halogens is 6. The number of hydrogen-bond donors (Lipinski definition) is 2. The van der Waals surface area contributed by atoms with Crippen LogP contribution in [0.3, 0.4) is 0 Å². The Bertz CT molecular complexity index is 620. The number of alkyl halides is 6. The predicted molar refractivity (Wildman–Crippen MR) is 84.9 cm³/mol. The lowest BCUT2D eigenvalue weighted by atomic mass is 10.0. The molecule has 2 rings (SSSR count). The van der Waals surface area contributed by atoms with E-state index in [1.807, 2.05) is 0 Å². The molecular weight excluding hydrogens is 360 g/mol. The van der Waals surface area contributed by atoms with Gasteiger partial charge in [0.25, 0.3) is 0 Å². The zero-order valence-electron chi connectivity index (χ0n) is 14.1. The molecule has 0 bridgehead atoms. The number of rotatable bonds is 9. The largest absolute Gasteiger partial charge is 0.394 e. The maximum Gasteiger partial charge on any atom is 0.394 e. The zero-order valence-corrected chi connectivity index (χ0v) is 14.1. The van der Waals surface area contributed by atoms with E-state index < -0.39 is 24.2 Å². The van der Waals surface area contributed by atoms with Crippen molar-refractivity contribution in [3.05, 3.63) is 42.0 Å². The van der Waals surface area contributed by atoms with Crippen molar-refractivity contribution in [2.45, 2.75) is 51.0 Å². The highest BCUT2D eigenvalue weighted by Crippen LogP contribution is 2.59. The Labute approximate surface area is 147 Å². The summed E-state index contributed by atoms with van der Waals surface area (Å²) in [6.07, 6.45) is -7.79. The smallest absolute Gasteiger partial charge is 0.372 e. The fourth-order valence-electron chi connectivity index (χ4n) is 2.59. The van der Waals surface area contributed by atoms with Gasteiger partial charge in [-0.05, 0) is 43.4 Å². The molecule has 0 spiro atoms. The third-order valence-electron chi connectivity index (χ3n) is 4.45. The summed E-state index contributed by atoms with van der Waals surface area (Å²) < 4.78 is 75.2. The third kappa shape index (κ3) is 6.10. The van der Waals surface area contributed by atoms with Gasteiger partial charge in [-0.1, -0.05) is 6.58 Å². The molecule has 1 aliphatic carbocycles. The average molecular weight is 381 g/mol. The van der Waals surface area contributed by atoms with Crippen molar-refractivity contribution < 1.29 is 26.3 Å². The minimum atomic E-state index is -4.23. The Balaban J connectivity index is 1.72. The van der Waals surface area contributed by atoms with E-state index in [1.165, 1.54) is 6.20 Å². The quantitative estimate of drug-likeness (QED) is 0.620. The Kier molecular flexibility index (Phi) is 6.08. The van der Waals surface area contributed by atoms with E-state index in [9.17, 15) is 26.3 Å². The molecule has 26 heavy (non-hydrogen) atoms. The van der Waals surface area contributed by atoms with Crippen molar-refractivity contribution in [1.82, 2.24) is 15.6 Å². The van der Waals surface area contributed by atoms with Gasteiger partial charge in [-0.15, -0.1) is 0 Å². The molecule has 0 saturated heterocycles. The van der Waals surface area contributed by atoms with Crippen LogP contribution < -0.4 is 10.6 Å². The van der Waals surface area contributed by atoms with E-state index in [-0.39, 0.29) is 38.8 Å². The molecule has 1 fully saturated rings. The van der Waals surface area contributed by atoms with E-state index in [0.29, 0.717) is 17.1 Å². The van der Waals surface area contributed by atoms with E-state index >= 15 is 0 Å². The van der Waals surface area contributed by atoms with Gasteiger partial charge >= 0.3 is 12.4 Å². The Morgan fingerprint density at radius 1 is 1.15 bits per heavy atom. The second kappa shape index (κ2) is 7.75. The van der Waals surface area contributed by atoms with Crippen LogP contribution >= 0.6 is 0 Å². The maximum atomic E-state index is 12.8. The van der Waals surface area contributed by atoms with E-state index in [2.05, 4.69) is 22.2 Å². The van der Waals surface area contributed by atoms with Crippen molar-refractivity contribution in [3.8, 4) is 0 Å². The van der Waals surface area contributed by atoms with Crippen molar-refractivity contribution in [3.63, 3.8) is 0 Å². The first-order chi connectivity index (χ1) is 12.0. The number of nitrogens with one attached hydrogen (secondary N) is 2. The zero-order chi connectivity index (χ0) is 19.4. The maximum absolute atomic E-state index is 12.8. The van der Waals surface area contributed by atoms with Crippen LogP contribution in [0.1, 0.15) is 36.9 Å². The summed E-state index contributed by atoms with van der Waals surface area (Å²) in [6, 6.07) is 3.22. The van der Waals surface area contributed by atoms with E-state index in [0.717, 1.165) is 0 Å². The van der Waals surface area contributed by atoms with Crippen LogP contribution in [0.5, 0.6) is 0 Å². The molecule has 0 aromatic carbocycles. The van der Waals surface area contributed by atoms with Gasteiger partial charge in [0.1, 0.15) is 0 Å². The number of hydrogen-bond acceptors (Lipinski definition) is 3. The standard InChI is InChI=1S/C17H21F6N3/c1-12(24-9-7-15(5-6-15)17(21,22)23)26-11-13-3-8-25-14(10-13)2-4-16(18,19)20/h3,8,10,24,26H,1-2,4-7,9,11H2. The van der Waals surface area contributed by atoms with Crippen LogP contribution in [0, 0.1) is 5.41 Å². The van der Waals surface area contributed by atoms with Crippen LogP contribution in [0.4, 0.5) is 26.3 Å². The summed E-state index contributed by atoms with van der Waals surface area (Å²) in [7, 11) is 0. The average Bonchev–Trinajstić information content (AvgIpc) is 3.32. The molecule has 2 N–H and O–H groups in total. The highest BCUT2D eigenvalue weighted by atomic mass is 19.4. The molecule has 0 amide bonds. The highest BCUT2D eigenvalue weighted by molar-refractivity contribution is 5.17. The van der Waals surface area contributed by atoms with Crippen molar-refractivity contribution in [1.29, 1.82) is 0 Å². The summed E-state index contributed by atoms with van der Waals surface area (Å²) in [5.74, 6) is 0.372. The lowest BCUT2D eigenvalue weighted by molar-refractivity contribution is -0.188. The normalized spacial score (nSPS) is 16.2. The fourth-order valence-corrected chi connectivity index (χ4v) is 2.59. The SMILES string of the molecule is C=C(NCCC1(C(F)(F)F)CC1)NCc1ccnc(CCC(F)(F)F)c1. The summed E-state index contributed by atoms with van der Waals surface area (Å²) in [5, 5.41) is 5.72. The lowest BCUT2D eigenvalue weighted by Crippen LogP contribution is -2.31. The molecule has 3 nitrogen and oxygen atoms in total. The van der Waals surface area contributed by atoms with Crippen LogP contribution in [0.15, 0.2) is 30.7 Å². The van der Waals surface area contributed by atoms with Gasteiger partial charge in [0, 0.05) is 31.4 Å². The summed E-state index contributed by atoms with van der Waals surface area (Å²) in [5.41, 5.74) is -0.506. The molecule has 1 aromatic heterocycles. The van der Waals surface area contributed by atoms with Gasteiger partial charge in [0.15, 0.2) is 0 Å². The molecule has 0 aliphatic heterocycles. The van der Waals surface area contributed by atoms with Gasteiger partial charge in [0.2, 0.25) is 0 Å². The second-order valence-corrected chi connectivity index (χ2v) is 6.56. The minimum absolute atomic E-state index is 0.00591. The number of aryl methyl sites for hydroxylation is 1. The van der Waals surface area contributed by atoms with Gasteiger partial charge in [-0.2, -0.15) is 26.3 Å². The van der Waals surface area contributed by atoms with Crippen molar-refractivity contribution in [2.24, 2.45) is 5.41 Å². The highest BCUT2D eigenvalue weighted by Gasteiger charge is 2.62. The number of pyridine rings is 1. The molecule has 1 saturated carbocycles. The van der Waals surface area contributed by atoms with Crippen LogP contribution in [-0.4, -0.2) is 23.9 Å². The summed E-state index contributed by atoms with van der Waals surface area (Å²) >= 11 is 0. The van der Waals surface area contributed by atoms with Gasteiger partial charge in [0.05, 0.1) is 11.2 Å². The predicted octanol–water partition coefficient (Wildman–Crippen LogP) is 4.46. The van der Waals surface area contributed by atoms with Crippen LogP contribution in [-0.2, 0) is 13.0 Å². The van der Waals surface area contributed by atoms with E-state index in [1.54, 1.807) is 12.1 Å². The Hall–Kier alpha value is -1.93. The number of nitrogens with zero attached hydrogens (tertiary/aromatic N) is 1. The number of aromatic nitrogens is 1. The first kappa shape index (κ1) is 20.4. The lowest BCUT2D eigenvalue weighted by Gasteiger charge is -2.20.